The first-order valence-corrected chi connectivity index (χ1v) is 22.3. The summed E-state index contributed by atoms with van der Waals surface area (Å²) in [6.45, 7) is 7.95. The van der Waals surface area contributed by atoms with Gasteiger partial charge in [0.05, 0.1) is 49.4 Å². The van der Waals surface area contributed by atoms with Gasteiger partial charge in [-0.3, -0.25) is 13.6 Å². The van der Waals surface area contributed by atoms with Gasteiger partial charge < -0.3 is 29.0 Å². The number of rotatable bonds is 23. The average molecular weight is 822 g/mol. The lowest BCUT2D eigenvalue weighted by molar-refractivity contribution is -0.0907. The summed E-state index contributed by atoms with van der Waals surface area (Å²) in [6.07, 6.45) is 0.911. The van der Waals surface area contributed by atoms with Crippen molar-refractivity contribution < 1.29 is 55.0 Å². The number of nitrogens with one attached hydrogen (secondary N) is 1. The zero-order chi connectivity index (χ0) is 40.2. The second-order valence-electron chi connectivity index (χ2n) is 15.0. The SMILES string of the molecule is CCCCOP(=O)(OCCCC)OC(CN(CC(C)(C)CCC#N)S(=O)(=O)c1ccc2c(c1)OCO2)C(Cc1ccccc1)NC(=O)O[C@H]1CO[C@H]2OCC[C@H]21. The number of carbonyl (C=O) groups is 1. The number of nitriles is 1. The van der Waals surface area contributed by atoms with Crippen molar-refractivity contribution in [2.75, 3.05) is 46.3 Å². The van der Waals surface area contributed by atoms with Gasteiger partial charge in [-0.15, -0.1) is 0 Å². The normalized spacial score (nSPS) is 20.4. The maximum absolute atomic E-state index is 14.8. The van der Waals surface area contributed by atoms with Crippen molar-refractivity contribution in [3.63, 3.8) is 0 Å². The van der Waals surface area contributed by atoms with E-state index in [4.69, 9.17) is 37.3 Å². The van der Waals surface area contributed by atoms with Crippen LogP contribution in [0, 0.1) is 22.7 Å². The van der Waals surface area contributed by atoms with Gasteiger partial charge in [-0.2, -0.15) is 9.57 Å². The molecule has 5 rings (SSSR count). The summed E-state index contributed by atoms with van der Waals surface area (Å²) < 4.78 is 91.8. The fourth-order valence-corrected chi connectivity index (χ4v) is 9.84. The van der Waals surface area contributed by atoms with Crippen LogP contribution in [0.5, 0.6) is 11.5 Å². The van der Waals surface area contributed by atoms with E-state index in [1.165, 1.54) is 22.5 Å². The second-order valence-corrected chi connectivity index (χ2v) is 18.6. The van der Waals surface area contributed by atoms with Gasteiger partial charge in [0.15, 0.2) is 17.8 Å². The quantitative estimate of drug-likeness (QED) is 0.0898. The van der Waals surface area contributed by atoms with Crippen molar-refractivity contribution in [2.45, 2.75) is 108 Å². The van der Waals surface area contributed by atoms with Gasteiger partial charge in [-0.25, -0.2) is 17.8 Å². The summed E-state index contributed by atoms with van der Waals surface area (Å²) in [5.41, 5.74) is 0.0831. The Morgan fingerprint density at radius 1 is 1.05 bits per heavy atom. The lowest BCUT2D eigenvalue weighted by Gasteiger charge is -2.37. The smallest absolute Gasteiger partial charge is 0.454 e. The Labute approximate surface area is 330 Å². The highest BCUT2D eigenvalue weighted by atomic mass is 32.2. The predicted molar refractivity (Wildman–Crippen MR) is 205 cm³/mol. The highest BCUT2D eigenvalue weighted by Crippen LogP contribution is 2.52. The zero-order valence-corrected chi connectivity index (χ0v) is 34.5. The molecule has 3 aliphatic heterocycles. The summed E-state index contributed by atoms with van der Waals surface area (Å²) in [5.74, 6) is 0.560. The third-order valence-electron chi connectivity index (χ3n) is 9.94. The summed E-state index contributed by atoms with van der Waals surface area (Å²) in [5, 5.41) is 12.4. The lowest BCUT2D eigenvalue weighted by Crippen LogP contribution is -2.53. The number of unbranched alkanes of at least 4 members (excludes halogenated alkanes) is 2. The second kappa shape index (κ2) is 20.4. The van der Waals surface area contributed by atoms with E-state index in [9.17, 15) is 23.0 Å². The van der Waals surface area contributed by atoms with E-state index in [-0.39, 0.29) is 62.6 Å². The number of benzene rings is 2. The number of hydrogen-bond acceptors (Lipinski definition) is 13. The summed E-state index contributed by atoms with van der Waals surface area (Å²) in [6, 6.07) is 14.8. The Kier molecular flexibility index (Phi) is 16.0. The largest absolute Gasteiger partial charge is 0.475 e. The molecule has 3 aliphatic rings. The van der Waals surface area contributed by atoms with Crippen LogP contribution in [0.3, 0.4) is 0 Å². The number of amides is 1. The first kappa shape index (κ1) is 43.9. The molecule has 17 heteroatoms. The van der Waals surface area contributed by atoms with Crippen LogP contribution in [-0.2, 0) is 48.8 Å². The van der Waals surface area contributed by atoms with Crippen LogP contribution >= 0.6 is 7.82 Å². The van der Waals surface area contributed by atoms with Gasteiger partial charge in [0.25, 0.3) is 0 Å². The molecule has 0 radical (unpaired) electrons. The van der Waals surface area contributed by atoms with Crippen molar-refractivity contribution in [1.82, 2.24) is 9.62 Å². The van der Waals surface area contributed by atoms with Crippen LogP contribution in [0.15, 0.2) is 53.4 Å². The highest BCUT2D eigenvalue weighted by Gasteiger charge is 2.45. The first-order valence-electron chi connectivity index (χ1n) is 19.4. The van der Waals surface area contributed by atoms with Crippen LogP contribution in [0.1, 0.15) is 78.2 Å². The zero-order valence-electron chi connectivity index (χ0n) is 32.8. The number of sulfonamides is 1. The Bertz CT molecular complexity index is 1760. The van der Waals surface area contributed by atoms with Crippen LogP contribution in [0.25, 0.3) is 0 Å². The van der Waals surface area contributed by atoms with E-state index in [1.54, 1.807) is 0 Å². The first-order chi connectivity index (χ1) is 26.9. The molecule has 0 spiro atoms. The predicted octanol–water partition coefficient (Wildman–Crippen LogP) is 6.96. The van der Waals surface area contributed by atoms with Crippen LogP contribution in [0.4, 0.5) is 4.79 Å². The highest BCUT2D eigenvalue weighted by molar-refractivity contribution is 7.89. The maximum atomic E-state index is 14.8. The topological polar surface area (TPSA) is 181 Å². The molecule has 2 saturated heterocycles. The number of fused-ring (bicyclic) bond motifs is 2. The minimum absolute atomic E-state index is 0.0463. The average Bonchev–Trinajstić information content (AvgIpc) is 3.93. The van der Waals surface area contributed by atoms with E-state index in [0.29, 0.717) is 38.0 Å². The number of ether oxygens (including phenoxy) is 5. The van der Waals surface area contributed by atoms with E-state index in [2.05, 4.69) is 11.4 Å². The number of phosphoric ester groups is 1. The van der Waals surface area contributed by atoms with Crippen LogP contribution in [-0.4, -0.2) is 89.7 Å². The molecule has 2 aromatic rings. The van der Waals surface area contributed by atoms with Crippen molar-refractivity contribution in [3.8, 4) is 17.6 Å². The van der Waals surface area contributed by atoms with Crippen LogP contribution in [0.2, 0.25) is 0 Å². The minimum Gasteiger partial charge on any atom is -0.454 e. The van der Waals surface area contributed by atoms with Gasteiger partial charge in [-0.1, -0.05) is 70.9 Å². The standard InChI is InChI=1S/C39H56N3O12PS/c1-5-7-20-51-55(44,52-21-8-6-2)54-35(32(23-29-13-10-9-11-14-29)41-38(43)53-36-26-48-37-31(36)17-22-47-37)25-42(27-39(3,4)18-12-19-40)56(45,46)30-15-16-33-34(24-30)50-28-49-33/h9-11,13-16,24,31-32,35-37H,5-8,12,17-18,20-23,25-28H2,1-4H3,(H,41,43)/t31-,32?,35?,36-,37+/m0/s1. The molecule has 3 heterocycles. The fraction of sp³-hybridized carbons (Fsp3) is 0.641. The number of alkyl carbamates (subject to hydrolysis) is 1. The fourth-order valence-electron chi connectivity index (χ4n) is 6.74. The Morgan fingerprint density at radius 3 is 2.46 bits per heavy atom. The lowest BCUT2D eigenvalue weighted by atomic mass is 9.88. The molecule has 56 heavy (non-hydrogen) atoms. The molecule has 15 nitrogen and oxygen atoms in total. The number of carbonyl (C=O) groups excluding carboxylic acids is 1. The number of phosphoric acid groups is 1. The van der Waals surface area contributed by atoms with E-state index in [1.807, 2.05) is 58.0 Å². The molecular weight excluding hydrogens is 765 g/mol. The van der Waals surface area contributed by atoms with Crippen molar-refractivity contribution >= 4 is 23.9 Å². The Hall–Kier alpha value is -3.26. The summed E-state index contributed by atoms with van der Waals surface area (Å²) >= 11 is 0. The third kappa shape index (κ3) is 12.1. The Morgan fingerprint density at radius 2 is 1.77 bits per heavy atom. The molecule has 2 aromatic carbocycles. The van der Waals surface area contributed by atoms with E-state index < -0.39 is 60.4 Å². The third-order valence-corrected chi connectivity index (χ3v) is 13.3. The number of nitrogens with zero attached hydrogens (tertiary/aromatic N) is 2. The molecule has 1 N–H and O–H groups in total. The monoisotopic (exact) mass is 821 g/mol. The van der Waals surface area contributed by atoms with Crippen molar-refractivity contribution in [3.05, 3.63) is 54.1 Å². The molecule has 0 aromatic heterocycles. The molecule has 2 unspecified atom stereocenters. The van der Waals surface area contributed by atoms with E-state index in [0.717, 1.165) is 18.4 Å². The number of hydrogen-bond donors (Lipinski definition) is 1. The Balaban J connectivity index is 1.56. The van der Waals surface area contributed by atoms with Gasteiger partial charge in [0.2, 0.25) is 16.8 Å². The molecular formula is C39H56N3O12PS. The van der Waals surface area contributed by atoms with Crippen molar-refractivity contribution in [2.24, 2.45) is 11.3 Å². The summed E-state index contributed by atoms with van der Waals surface area (Å²) in [4.78, 5) is 13.8. The maximum Gasteiger partial charge on any atom is 0.475 e. The van der Waals surface area contributed by atoms with Gasteiger partial charge in [0, 0.05) is 25.6 Å². The van der Waals surface area contributed by atoms with Gasteiger partial charge >= 0.3 is 13.9 Å². The molecule has 310 valence electrons. The summed E-state index contributed by atoms with van der Waals surface area (Å²) in [7, 11) is -8.72. The molecule has 0 saturated carbocycles. The minimum atomic E-state index is -4.37. The van der Waals surface area contributed by atoms with Crippen molar-refractivity contribution in [1.29, 1.82) is 5.26 Å². The molecule has 2 fully saturated rings. The van der Waals surface area contributed by atoms with Crippen LogP contribution < -0.4 is 14.8 Å². The van der Waals surface area contributed by atoms with Gasteiger partial charge in [-0.05, 0) is 55.2 Å². The molecule has 0 bridgehead atoms. The molecule has 1 amide bonds. The van der Waals surface area contributed by atoms with Gasteiger partial charge in [0.1, 0.15) is 12.2 Å². The molecule has 0 aliphatic carbocycles. The van der Waals surface area contributed by atoms with E-state index >= 15 is 0 Å². The molecule has 5 atom stereocenters.